The Morgan fingerprint density at radius 2 is 1.71 bits per heavy atom. The van der Waals surface area contributed by atoms with Gasteiger partial charge in [-0.3, -0.25) is 0 Å². The lowest BCUT2D eigenvalue weighted by atomic mass is 10.3. The Hall–Kier alpha value is -3.11. The number of nitrogens with one attached hydrogen (secondary N) is 2. The van der Waals surface area contributed by atoms with Crippen LogP contribution < -0.4 is 19.5 Å². The van der Waals surface area contributed by atoms with Gasteiger partial charge >= 0.3 is 0 Å². The van der Waals surface area contributed by atoms with Crippen molar-refractivity contribution in [2.45, 2.75) is 4.90 Å². The number of benzene rings is 1. The highest BCUT2D eigenvalue weighted by atomic mass is 32.2. The van der Waals surface area contributed by atoms with E-state index in [0.29, 0.717) is 29.7 Å². The molecule has 0 radical (unpaired) electrons. The van der Waals surface area contributed by atoms with Crippen LogP contribution in [0.1, 0.15) is 0 Å². The van der Waals surface area contributed by atoms with Gasteiger partial charge in [0.2, 0.25) is 10.0 Å². The first kappa shape index (κ1) is 19.6. The fraction of sp³-hybridized carbons (Fsp3) is 0.222. The fourth-order valence-corrected chi connectivity index (χ4v) is 3.53. The Morgan fingerprint density at radius 1 is 0.964 bits per heavy atom. The Balaban J connectivity index is 1.54. The van der Waals surface area contributed by atoms with E-state index in [1.165, 1.54) is 26.4 Å². The zero-order valence-corrected chi connectivity index (χ0v) is 16.3. The van der Waals surface area contributed by atoms with Crippen molar-refractivity contribution in [3.05, 3.63) is 54.9 Å². The van der Waals surface area contributed by atoms with E-state index in [9.17, 15) is 8.42 Å². The molecule has 1 aromatic carbocycles. The lowest BCUT2D eigenvalue weighted by Gasteiger charge is -2.11. The number of nitrogens with zero attached hydrogens (tertiary/aromatic N) is 3. The highest BCUT2D eigenvalue weighted by molar-refractivity contribution is 7.89. The number of aromatic nitrogens is 3. The van der Waals surface area contributed by atoms with Crippen molar-refractivity contribution in [2.24, 2.45) is 0 Å². The predicted octanol–water partition coefficient (Wildman–Crippen LogP) is 1.67. The summed E-state index contributed by atoms with van der Waals surface area (Å²) in [4.78, 5) is 0.0982. The van der Waals surface area contributed by atoms with E-state index in [-0.39, 0.29) is 11.4 Å². The third-order valence-corrected chi connectivity index (χ3v) is 5.37. The standard InChI is InChI=1S/C18H21N5O4S/c1-26-15-6-5-14(13-16(15)27-2)28(24,25)20-10-9-19-17-7-8-18(22-21-17)23-11-3-4-12-23/h3-8,11-13,20H,9-10H2,1-2H3,(H,19,21). The van der Waals surface area contributed by atoms with E-state index in [1.54, 1.807) is 12.1 Å². The summed E-state index contributed by atoms with van der Waals surface area (Å²) in [6.45, 7) is 0.530. The van der Waals surface area contributed by atoms with Gasteiger partial charge in [0.1, 0.15) is 5.82 Å². The molecule has 3 aromatic rings. The van der Waals surface area contributed by atoms with E-state index >= 15 is 0 Å². The maximum atomic E-state index is 12.4. The SMILES string of the molecule is COc1ccc(S(=O)(=O)NCCNc2ccc(-n3cccc3)nn2)cc1OC. The van der Waals surface area contributed by atoms with Gasteiger partial charge in [0.25, 0.3) is 0 Å². The summed E-state index contributed by atoms with van der Waals surface area (Å²) >= 11 is 0. The molecule has 0 amide bonds. The van der Waals surface area contributed by atoms with Crippen LogP contribution in [0.5, 0.6) is 11.5 Å². The number of anilines is 1. The van der Waals surface area contributed by atoms with Crippen LogP contribution in [0.25, 0.3) is 5.82 Å². The molecule has 0 bridgehead atoms. The van der Waals surface area contributed by atoms with Crippen LogP contribution in [0.4, 0.5) is 5.82 Å². The van der Waals surface area contributed by atoms with Crippen LogP contribution in [0, 0.1) is 0 Å². The first-order valence-corrected chi connectivity index (χ1v) is 9.94. The van der Waals surface area contributed by atoms with Crippen LogP contribution in [0.3, 0.4) is 0 Å². The molecule has 2 aromatic heterocycles. The minimum absolute atomic E-state index is 0.0982. The van der Waals surface area contributed by atoms with Crippen molar-refractivity contribution in [2.75, 3.05) is 32.6 Å². The van der Waals surface area contributed by atoms with Gasteiger partial charge in [-0.05, 0) is 36.4 Å². The molecule has 10 heteroatoms. The van der Waals surface area contributed by atoms with Gasteiger partial charge in [-0.2, -0.15) is 0 Å². The molecule has 28 heavy (non-hydrogen) atoms. The van der Waals surface area contributed by atoms with E-state index in [1.807, 2.05) is 35.2 Å². The minimum Gasteiger partial charge on any atom is -0.493 e. The molecule has 0 unspecified atom stereocenters. The van der Waals surface area contributed by atoms with Gasteiger partial charge in [-0.1, -0.05) is 0 Å². The van der Waals surface area contributed by atoms with Crippen molar-refractivity contribution < 1.29 is 17.9 Å². The quantitative estimate of drug-likeness (QED) is 0.523. The number of hydrogen-bond acceptors (Lipinski definition) is 7. The largest absolute Gasteiger partial charge is 0.493 e. The number of methoxy groups -OCH3 is 2. The van der Waals surface area contributed by atoms with Gasteiger partial charge in [-0.25, -0.2) is 13.1 Å². The predicted molar refractivity (Wildman–Crippen MR) is 105 cm³/mol. The van der Waals surface area contributed by atoms with Crippen LogP contribution in [0.15, 0.2) is 59.8 Å². The summed E-state index contributed by atoms with van der Waals surface area (Å²) in [7, 11) is -0.731. The Bertz CT molecular complexity index is 1000. The second-order valence-corrected chi connectivity index (χ2v) is 7.48. The number of ether oxygens (including phenoxy) is 2. The average molecular weight is 403 g/mol. The second-order valence-electron chi connectivity index (χ2n) is 5.71. The fourth-order valence-electron chi connectivity index (χ4n) is 2.49. The zero-order chi connectivity index (χ0) is 20.0. The maximum absolute atomic E-state index is 12.4. The molecule has 0 fully saturated rings. The molecule has 2 heterocycles. The number of hydrogen-bond donors (Lipinski definition) is 2. The van der Waals surface area contributed by atoms with Gasteiger partial charge in [0.15, 0.2) is 17.3 Å². The topological polar surface area (TPSA) is 107 Å². The summed E-state index contributed by atoms with van der Waals surface area (Å²) in [6, 6.07) is 11.8. The summed E-state index contributed by atoms with van der Waals surface area (Å²) < 4.78 is 39.5. The average Bonchev–Trinajstić information content (AvgIpc) is 3.26. The van der Waals surface area contributed by atoms with E-state index in [4.69, 9.17) is 9.47 Å². The Morgan fingerprint density at radius 3 is 2.36 bits per heavy atom. The summed E-state index contributed by atoms with van der Waals surface area (Å²) in [6.07, 6.45) is 3.75. The molecule has 0 spiro atoms. The number of sulfonamides is 1. The Kier molecular flexibility index (Phi) is 6.12. The zero-order valence-electron chi connectivity index (χ0n) is 15.5. The van der Waals surface area contributed by atoms with Gasteiger partial charge < -0.3 is 19.4 Å². The van der Waals surface area contributed by atoms with Gasteiger partial charge in [0.05, 0.1) is 19.1 Å². The van der Waals surface area contributed by atoms with E-state index < -0.39 is 10.0 Å². The lowest BCUT2D eigenvalue weighted by Crippen LogP contribution is -2.29. The van der Waals surface area contributed by atoms with Gasteiger partial charge in [-0.15, -0.1) is 10.2 Å². The Labute approximate surface area is 163 Å². The highest BCUT2D eigenvalue weighted by Gasteiger charge is 2.16. The molecule has 0 saturated heterocycles. The monoisotopic (exact) mass is 403 g/mol. The molecule has 148 valence electrons. The van der Waals surface area contributed by atoms with Crippen molar-refractivity contribution in [1.82, 2.24) is 19.5 Å². The first-order chi connectivity index (χ1) is 13.5. The van der Waals surface area contributed by atoms with Crippen LogP contribution in [-0.2, 0) is 10.0 Å². The molecule has 0 aliphatic carbocycles. The molecule has 0 aliphatic heterocycles. The van der Waals surface area contributed by atoms with E-state index in [2.05, 4.69) is 20.2 Å². The molecular weight excluding hydrogens is 382 g/mol. The van der Waals surface area contributed by atoms with Crippen LogP contribution >= 0.6 is 0 Å². The second kappa shape index (κ2) is 8.72. The molecule has 0 atom stereocenters. The molecule has 0 saturated carbocycles. The smallest absolute Gasteiger partial charge is 0.240 e. The summed E-state index contributed by atoms with van der Waals surface area (Å²) in [5, 5.41) is 11.2. The molecule has 2 N–H and O–H groups in total. The van der Waals surface area contributed by atoms with Crippen LogP contribution in [0.2, 0.25) is 0 Å². The van der Waals surface area contributed by atoms with Crippen molar-refractivity contribution >= 4 is 15.8 Å². The summed E-state index contributed by atoms with van der Waals surface area (Å²) in [5.74, 6) is 2.07. The molecular formula is C18H21N5O4S. The van der Waals surface area contributed by atoms with E-state index in [0.717, 1.165) is 0 Å². The maximum Gasteiger partial charge on any atom is 0.240 e. The third-order valence-electron chi connectivity index (χ3n) is 3.91. The number of rotatable bonds is 9. The minimum atomic E-state index is -3.67. The van der Waals surface area contributed by atoms with Crippen molar-refractivity contribution in [3.8, 4) is 17.3 Å². The lowest BCUT2D eigenvalue weighted by molar-refractivity contribution is 0.354. The molecule has 0 aliphatic rings. The third kappa shape index (κ3) is 4.59. The van der Waals surface area contributed by atoms with Crippen LogP contribution in [-0.4, -0.2) is 50.5 Å². The van der Waals surface area contributed by atoms with Crippen molar-refractivity contribution in [1.29, 1.82) is 0 Å². The normalized spacial score (nSPS) is 11.2. The first-order valence-electron chi connectivity index (χ1n) is 8.46. The van der Waals surface area contributed by atoms with Crippen molar-refractivity contribution in [3.63, 3.8) is 0 Å². The van der Waals surface area contributed by atoms with Gasteiger partial charge in [0, 0.05) is 31.5 Å². The highest BCUT2D eigenvalue weighted by Crippen LogP contribution is 2.29. The molecule has 3 rings (SSSR count). The molecule has 9 nitrogen and oxygen atoms in total. The summed E-state index contributed by atoms with van der Waals surface area (Å²) in [5.41, 5.74) is 0.